The minimum Gasteiger partial charge on any atom is -0.394 e. The molecule has 0 spiro atoms. The average Bonchev–Trinajstić information content (AvgIpc) is 2.90. The summed E-state index contributed by atoms with van der Waals surface area (Å²) < 4.78 is 22.0. The summed E-state index contributed by atoms with van der Waals surface area (Å²) in [4.78, 5) is 2.73. The van der Waals surface area contributed by atoms with Crippen LogP contribution in [0.3, 0.4) is 0 Å². The van der Waals surface area contributed by atoms with E-state index in [-0.39, 0.29) is 6.61 Å². The van der Waals surface area contributed by atoms with Gasteiger partial charge in [0.15, 0.2) is 12.6 Å². The Kier molecular flexibility index (Phi) is 15.1. The molecule has 10 atom stereocenters. The Labute approximate surface area is 216 Å². The topological polar surface area (TPSA) is 227 Å². The van der Waals surface area contributed by atoms with Crippen molar-refractivity contribution in [3.8, 4) is 0 Å². The van der Waals surface area contributed by atoms with E-state index in [9.17, 15) is 35.7 Å². The molecule has 0 radical (unpaired) electrons. The van der Waals surface area contributed by atoms with E-state index in [1.54, 1.807) is 0 Å². The first kappa shape index (κ1) is 32.1. The zero-order chi connectivity index (χ0) is 27.2. The van der Waals surface area contributed by atoms with Crippen LogP contribution >= 0.6 is 0 Å². The van der Waals surface area contributed by atoms with Crippen LogP contribution in [0, 0.1) is 0 Å². The third kappa shape index (κ3) is 9.84. The second-order valence-electron chi connectivity index (χ2n) is 9.51. The maximum Gasteiger partial charge on any atom is 0.187 e. The lowest BCUT2D eigenvalue weighted by molar-refractivity contribution is -0.359. The molecule has 0 aromatic carbocycles. The largest absolute Gasteiger partial charge is 0.394 e. The van der Waals surface area contributed by atoms with Crippen molar-refractivity contribution in [3.63, 3.8) is 0 Å². The zero-order valence-electron chi connectivity index (χ0n) is 21.1. The van der Waals surface area contributed by atoms with Gasteiger partial charge in [-0.3, -0.25) is 0 Å². The van der Waals surface area contributed by atoms with Gasteiger partial charge in [0.2, 0.25) is 0 Å². The first-order chi connectivity index (χ1) is 17.8. The number of rotatable bonds is 17. The molecule has 2 fully saturated rings. The number of hydrogen-bond donors (Lipinski definition) is 7. The van der Waals surface area contributed by atoms with E-state index in [0.717, 1.165) is 57.8 Å². The second-order valence-corrected chi connectivity index (χ2v) is 9.51. The highest BCUT2D eigenvalue weighted by Crippen LogP contribution is 2.29. The molecule has 2 aliphatic heterocycles. The first-order valence-corrected chi connectivity index (χ1v) is 13.1. The van der Waals surface area contributed by atoms with Crippen molar-refractivity contribution in [1.29, 1.82) is 0 Å². The standard InChI is InChI=1S/C23H43N3O11/c24-26-25-10-8-6-4-2-1-3-5-7-9-11-34-22-20(33)18(31)21(15(13-28)36-22)37-23-19(32)17(30)16(29)14(12-27)35-23/h14-23,27-33H,1-13H2/t14-,15-,16+,17+,18-,19-,20-,21-,22-,23+/m1/s1. The summed E-state index contributed by atoms with van der Waals surface area (Å²) in [5.41, 5.74) is 8.22. The van der Waals surface area contributed by atoms with E-state index >= 15 is 0 Å². The van der Waals surface area contributed by atoms with Crippen LogP contribution in [-0.2, 0) is 18.9 Å². The molecule has 216 valence electrons. The highest BCUT2D eigenvalue weighted by molar-refractivity contribution is 4.94. The maximum atomic E-state index is 10.6. The van der Waals surface area contributed by atoms with Crippen LogP contribution in [0.2, 0.25) is 0 Å². The molecular weight excluding hydrogens is 494 g/mol. The summed E-state index contributed by atoms with van der Waals surface area (Å²) >= 11 is 0. The predicted octanol–water partition coefficient (Wildman–Crippen LogP) is -0.552. The van der Waals surface area contributed by atoms with Crippen LogP contribution in [0.5, 0.6) is 0 Å². The number of aliphatic hydroxyl groups excluding tert-OH is 7. The minimum absolute atomic E-state index is 0.282. The summed E-state index contributed by atoms with van der Waals surface area (Å²) in [5, 5.41) is 73.7. The quantitative estimate of drug-likeness (QED) is 0.0539. The molecular formula is C23H43N3O11. The van der Waals surface area contributed by atoms with Crippen LogP contribution in [0.4, 0.5) is 0 Å². The van der Waals surface area contributed by atoms with E-state index in [0.29, 0.717) is 6.54 Å². The summed E-state index contributed by atoms with van der Waals surface area (Å²) in [6.45, 7) is -0.421. The fourth-order valence-electron chi connectivity index (χ4n) is 4.46. The fourth-order valence-corrected chi connectivity index (χ4v) is 4.46. The zero-order valence-corrected chi connectivity index (χ0v) is 21.1. The van der Waals surface area contributed by atoms with Crippen LogP contribution in [-0.4, -0.2) is 124 Å². The number of azide groups is 1. The van der Waals surface area contributed by atoms with Crippen molar-refractivity contribution in [2.24, 2.45) is 5.11 Å². The van der Waals surface area contributed by atoms with Gasteiger partial charge < -0.3 is 54.7 Å². The van der Waals surface area contributed by atoms with Crippen molar-refractivity contribution >= 4 is 0 Å². The Morgan fingerprint density at radius 2 is 1.19 bits per heavy atom. The van der Waals surface area contributed by atoms with Crippen molar-refractivity contribution in [1.82, 2.24) is 0 Å². The molecule has 0 unspecified atom stereocenters. The van der Waals surface area contributed by atoms with Gasteiger partial charge in [-0.2, -0.15) is 0 Å². The Balaban J connectivity index is 1.69. The average molecular weight is 538 g/mol. The highest BCUT2D eigenvalue weighted by atomic mass is 16.7. The summed E-state index contributed by atoms with van der Waals surface area (Å²) in [5.74, 6) is 0. The second kappa shape index (κ2) is 17.5. The molecule has 2 rings (SSSR count). The molecule has 0 amide bonds. The van der Waals surface area contributed by atoms with Gasteiger partial charge in [0, 0.05) is 18.1 Å². The molecule has 0 aliphatic carbocycles. The lowest BCUT2D eigenvalue weighted by Gasteiger charge is -2.45. The predicted molar refractivity (Wildman–Crippen MR) is 128 cm³/mol. The van der Waals surface area contributed by atoms with Crippen molar-refractivity contribution in [2.75, 3.05) is 26.4 Å². The number of ether oxygens (including phenoxy) is 4. The number of nitrogens with zero attached hydrogens (tertiary/aromatic N) is 3. The molecule has 0 aromatic heterocycles. The van der Waals surface area contributed by atoms with Crippen LogP contribution in [0.1, 0.15) is 57.8 Å². The summed E-state index contributed by atoms with van der Waals surface area (Å²) in [6, 6.07) is 0. The fraction of sp³-hybridized carbons (Fsp3) is 1.00. The smallest absolute Gasteiger partial charge is 0.187 e. The Morgan fingerprint density at radius 1 is 0.649 bits per heavy atom. The molecule has 0 bridgehead atoms. The van der Waals surface area contributed by atoms with Crippen LogP contribution in [0.15, 0.2) is 5.11 Å². The summed E-state index contributed by atoms with van der Waals surface area (Å²) in [6.07, 6.45) is -5.36. The molecule has 0 saturated carbocycles. The molecule has 7 N–H and O–H groups in total. The van der Waals surface area contributed by atoms with E-state index in [1.807, 2.05) is 0 Å². The van der Waals surface area contributed by atoms with Crippen LogP contribution in [0.25, 0.3) is 10.4 Å². The van der Waals surface area contributed by atoms with Gasteiger partial charge in [-0.1, -0.05) is 50.1 Å². The minimum atomic E-state index is -1.71. The monoisotopic (exact) mass is 537 g/mol. The first-order valence-electron chi connectivity index (χ1n) is 13.1. The number of hydrogen-bond acceptors (Lipinski definition) is 12. The SMILES string of the molecule is [N-]=[N+]=NCCCCCCCCCCCO[C@@H]1O[C@H](CO)[C@@H](O[C@@H]2O[C@H](CO)[C@H](O)[C@H](O)[C@H]2O)[C@H](O)[C@H]1O. The lowest BCUT2D eigenvalue weighted by Crippen LogP contribution is -2.64. The normalized spacial score (nSPS) is 36.3. The van der Waals surface area contributed by atoms with E-state index in [4.69, 9.17) is 24.5 Å². The van der Waals surface area contributed by atoms with Gasteiger partial charge in [-0.15, -0.1) is 0 Å². The van der Waals surface area contributed by atoms with E-state index in [2.05, 4.69) is 10.0 Å². The molecule has 2 heterocycles. The Bertz CT molecular complexity index is 668. The number of aliphatic hydroxyl groups is 7. The summed E-state index contributed by atoms with van der Waals surface area (Å²) in [7, 11) is 0. The molecule has 2 aliphatic rings. The Hall–Kier alpha value is -1.13. The van der Waals surface area contributed by atoms with Crippen molar-refractivity contribution in [3.05, 3.63) is 10.4 Å². The molecule has 0 aromatic rings. The highest BCUT2D eigenvalue weighted by Gasteiger charge is 2.50. The molecule has 14 heteroatoms. The molecule has 2 saturated heterocycles. The van der Waals surface area contributed by atoms with Gasteiger partial charge in [-0.05, 0) is 18.4 Å². The van der Waals surface area contributed by atoms with Gasteiger partial charge >= 0.3 is 0 Å². The number of unbranched alkanes of at least 4 members (excludes halogenated alkanes) is 8. The van der Waals surface area contributed by atoms with Crippen molar-refractivity contribution < 1.29 is 54.7 Å². The van der Waals surface area contributed by atoms with Gasteiger partial charge in [0.25, 0.3) is 0 Å². The van der Waals surface area contributed by atoms with E-state index in [1.165, 1.54) is 0 Å². The molecule has 37 heavy (non-hydrogen) atoms. The van der Waals surface area contributed by atoms with Crippen LogP contribution < -0.4 is 0 Å². The maximum absolute atomic E-state index is 10.6. The third-order valence-electron chi connectivity index (χ3n) is 6.71. The third-order valence-corrected chi connectivity index (χ3v) is 6.71. The van der Waals surface area contributed by atoms with Gasteiger partial charge in [0.05, 0.1) is 13.2 Å². The van der Waals surface area contributed by atoms with E-state index < -0.39 is 74.6 Å². The lowest BCUT2D eigenvalue weighted by atomic mass is 9.97. The van der Waals surface area contributed by atoms with Crippen molar-refractivity contribution in [2.45, 2.75) is 119 Å². The molecule has 14 nitrogen and oxygen atoms in total. The van der Waals surface area contributed by atoms with Gasteiger partial charge in [0.1, 0.15) is 48.8 Å². The van der Waals surface area contributed by atoms with Gasteiger partial charge in [-0.25, -0.2) is 0 Å². The Morgan fingerprint density at radius 3 is 1.78 bits per heavy atom.